The van der Waals surface area contributed by atoms with E-state index in [1.165, 1.54) is 0 Å². The molecule has 8 nitrogen and oxygen atoms in total. The molecule has 0 saturated heterocycles. The molecule has 1 unspecified atom stereocenters. The molecule has 3 N–H and O–H groups in total. The van der Waals surface area contributed by atoms with Gasteiger partial charge in [0.15, 0.2) is 0 Å². The molecule has 1 atom stereocenters. The van der Waals surface area contributed by atoms with Gasteiger partial charge in [-0.15, -0.1) is 0 Å². The second-order valence-corrected chi connectivity index (χ2v) is 10.7. The number of carbonyl (C=O) groups is 2. The number of hydrogen-bond acceptors (Lipinski definition) is 6. The van der Waals surface area contributed by atoms with Crippen LogP contribution in [0, 0.1) is 0 Å². The molecule has 0 spiro atoms. The Labute approximate surface area is 257 Å². The van der Waals surface area contributed by atoms with Crippen molar-refractivity contribution in [2.45, 2.75) is 25.8 Å². The second kappa shape index (κ2) is 13.6. The van der Waals surface area contributed by atoms with Gasteiger partial charge in [0, 0.05) is 41.7 Å². The Hall–Kier alpha value is -5.50. The molecule has 1 aromatic heterocycles. The lowest BCUT2D eigenvalue weighted by Gasteiger charge is -2.31. The molecular formula is C36H35N5O3. The zero-order valence-corrected chi connectivity index (χ0v) is 24.8. The number of carbonyl (C=O) groups excluding carboxylic acids is 1. The maximum absolute atomic E-state index is 12.7. The SMILES string of the molecule is CCN(CCC(C)(NC(=O)c1ccccc1)C(=O)O)c1ccc(Nc2cc(-c3cccc(-c4ccccc4)c3)ncn2)cc1. The number of carboxylic acid groups (broad SMARTS) is 1. The Bertz CT molecular complexity index is 1710. The third-order valence-corrected chi connectivity index (χ3v) is 7.60. The minimum absolute atomic E-state index is 0.226. The van der Waals surface area contributed by atoms with Gasteiger partial charge >= 0.3 is 5.97 Å². The molecule has 0 aliphatic carbocycles. The van der Waals surface area contributed by atoms with Crippen LogP contribution in [0.2, 0.25) is 0 Å². The van der Waals surface area contributed by atoms with Gasteiger partial charge in [0.1, 0.15) is 17.7 Å². The normalized spacial score (nSPS) is 12.1. The average Bonchev–Trinajstić information content (AvgIpc) is 3.06. The Morgan fingerprint density at radius 3 is 2.14 bits per heavy atom. The molecule has 222 valence electrons. The largest absolute Gasteiger partial charge is 0.480 e. The number of amides is 1. The predicted octanol–water partition coefficient (Wildman–Crippen LogP) is 7.04. The number of hydrogen-bond donors (Lipinski definition) is 3. The summed E-state index contributed by atoms with van der Waals surface area (Å²) in [5.74, 6) is -0.814. The maximum atomic E-state index is 12.7. The lowest BCUT2D eigenvalue weighted by molar-refractivity contribution is -0.144. The first-order chi connectivity index (χ1) is 21.3. The van der Waals surface area contributed by atoms with E-state index in [0.29, 0.717) is 24.5 Å². The molecule has 0 radical (unpaired) electrons. The number of aliphatic carboxylic acids is 1. The third-order valence-electron chi connectivity index (χ3n) is 7.60. The Morgan fingerprint density at radius 2 is 1.45 bits per heavy atom. The van der Waals surface area contributed by atoms with Crippen LogP contribution in [0.1, 0.15) is 30.6 Å². The summed E-state index contributed by atoms with van der Waals surface area (Å²) in [6, 6.07) is 37.0. The molecule has 5 aromatic rings. The zero-order chi connectivity index (χ0) is 30.9. The first kappa shape index (κ1) is 30.0. The van der Waals surface area contributed by atoms with Gasteiger partial charge in [0.25, 0.3) is 5.91 Å². The molecular weight excluding hydrogens is 550 g/mol. The summed E-state index contributed by atoms with van der Waals surface area (Å²) in [5.41, 5.74) is 4.88. The van der Waals surface area contributed by atoms with Crippen molar-refractivity contribution in [2.75, 3.05) is 23.3 Å². The van der Waals surface area contributed by atoms with E-state index in [0.717, 1.165) is 33.8 Å². The van der Waals surface area contributed by atoms with Crippen molar-refractivity contribution in [1.82, 2.24) is 15.3 Å². The summed E-state index contributed by atoms with van der Waals surface area (Å²) in [7, 11) is 0. The third kappa shape index (κ3) is 7.28. The van der Waals surface area contributed by atoms with Gasteiger partial charge in [0.05, 0.1) is 5.69 Å². The summed E-state index contributed by atoms with van der Waals surface area (Å²) in [4.78, 5) is 35.9. The molecule has 0 bridgehead atoms. The number of anilines is 3. The lowest BCUT2D eigenvalue weighted by Crippen LogP contribution is -2.53. The van der Waals surface area contributed by atoms with Gasteiger partial charge in [-0.1, -0.05) is 66.7 Å². The topological polar surface area (TPSA) is 107 Å². The number of carboxylic acids is 1. The van der Waals surface area contributed by atoms with Crippen molar-refractivity contribution in [1.29, 1.82) is 0 Å². The molecule has 8 heteroatoms. The van der Waals surface area contributed by atoms with E-state index in [-0.39, 0.29) is 6.42 Å². The zero-order valence-electron chi connectivity index (χ0n) is 24.8. The van der Waals surface area contributed by atoms with Crippen LogP contribution < -0.4 is 15.5 Å². The Morgan fingerprint density at radius 1 is 0.795 bits per heavy atom. The summed E-state index contributed by atoms with van der Waals surface area (Å²) >= 11 is 0. The van der Waals surface area contributed by atoms with Crippen molar-refractivity contribution in [3.63, 3.8) is 0 Å². The van der Waals surface area contributed by atoms with Gasteiger partial charge in [0.2, 0.25) is 0 Å². The van der Waals surface area contributed by atoms with E-state index in [9.17, 15) is 14.7 Å². The minimum Gasteiger partial charge on any atom is -0.480 e. The molecule has 1 amide bonds. The quantitative estimate of drug-likeness (QED) is 0.144. The van der Waals surface area contributed by atoms with Crippen LogP contribution in [0.4, 0.5) is 17.2 Å². The summed E-state index contributed by atoms with van der Waals surface area (Å²) in [6.07, 6.45) is 1.78. The summed E-state index contributed by atoms with van der Waals surface area (Å²) < 4.78 is 0. The molecule has 5 rings (SSSR count). The first-order valence-corrected chi connectivity index (χ1v) is 14.6. The van der Waals surface area contributed by atoms with Crippen LogP contribution >= 0.6 is 0 Å². The summed E-state index contributed by atoms with van der Waals surface area (Å²) in [5, 5.41) is 16.0. The molecule has 44 heavy (non-hydrogen) atoms. The van der Waals surface area contributed by atoms with Crippen LogP contribution in [-0.4, -0.2) is 45.6 Å². The Balaban J connectivity index is 1.24. The summed E-state index contributed by atoms with van der Waals surface area (Å²) in [6.45, 7) is 4.68. The fraction of sp³-hybridized carbons (Fsp3) is 0.167. The standard InChI is InChI=1S/C36H35N5O3/c1-3-41(22-21-36(2,35(43)44)40-34(42)27-13-8-5-9-14-27)31-19-17-30(18-20-31)39-33-24-32(37-25-38-33)29-16-10-15-28(23-29)26-11-6-4-7-12-26/h4-20,23-25H,3,21-22H2,1-2H3,(H,40,42)(H,43,44)(H,37,38,39). The minimum atomic E-state index is -1.42. The van der Waals surface area contributed by atoms with E-state index < -0.39 is 17.4 Å². The van der Waals surface area contributed by atoms with E-state index in [2.05, 4.69) is 49.8 Å². The van der Waals surface area contributed by atoms with E-state index in [4.69, 9.17) is 0 Å². The number of nitrogens with one attached hydrogen (secondary N) is 2. The first-order valence-electron chi connectivity index (χ1n) is 14.6. The average molecular weight is 586 g/mol. The van der Waals surface area contributed by atoms with Crippen molar-refractivity contribution in [3.8, 4) is 22.4 Å². The number of benzene rings is 4. The van der Waals surface area contributed by atoms with Crippen molar-refractivity contribution in [2.24, 2.45) is 0 Å². The van der Waals surface area contributed by atoms with E-state index in [1.54, 1.807) is 37.5 Å². The van der Waals surface area contributed by atoms with E-state index >= 15 is 0 Å². The molecule has 1 heterocycles. The molecule has 4 aromatic carbocycles. The van der Waals surface area contributed by atoms with Crippen LogP contribution in [0.25, 0.3) is 22.4 Å². The van der Waals surface area contributed by atoms with Crippen molar-refractivity contribution in [3.05, 3.63) is 127 Å². The number of nitrogens with zero attached hydrogens (tertiary/aromatic N) is 3. The van der Waals surface area contributed by atoms with Crippen molar-refractivity contribution < 1.29 is 14.7 Å². The highest BCUT2D eigenvalue weighted by molar-refractivity contribution is 5.97. The highest BCUT2D eigenvalue weighted by Gasteiger charge is 2.35. The van der Waals surface area contributed by atoms with Gasteiger partial charge in [-0.05, 0) is 73.9 Å². The highest BCUT2D eigenvalue weighted by atomic mass is 16.4. The number of aromatic nitrogens is 2. The van der Waals surface area contributed by atoms with Crippen LogP contribution in [0.5, 0.6) is 0 Å². The van der Waals surface area contributed by atoms with Crippen molar-refractivity contribution >= 4 is 29.1 Å². The molecule has 0 fully saturated rings. The molecule has 0 aliphatic rings. The molecule has 0 saturated carbocycles. The smallest absolute Gasteiger partial charge is 0.329 e. The maximum Gasteiger partial charge on any atom is 0.329 e. The van der Waals surface area contributed by atoms with Crippen LogP contribution in [0.3, 0.4) is 0 Å². The van der Waals surface area contributed by atoms with Gasteiger partial charge in [-0.2, -0.15) is 0 Å². The van der Waals surface area contributed by atoms with E-state index in [1.807, 2.05) is 73.7 Å². The second-order valence-electron chi connectivity index (χ2n) is 10.7. The Kier molecular flexibility index (Phi) is 9.30. The fourth-order valence-corrected chi connectivity index (χ4v) is 4.94. The van der Waals surface area contributed by atoms with Crippen LogP contribution in [0.15, 0.2) is 122 Å². The monoisotopic (exact) mass is 585 g/mol. The lowest BCUT2D eigenvalue weighted by atomic mass is 9.96. The van der Waals surface area contributed by atoms with Gasteiger partial charge < -0.3 is 20.6 Å². The van der Waals surface area contributed by atoms with Crippen LogP contribution in [-0.2, 0) is 4.79 Å². The predicted molar refractivity (Wildman–Crippen MR) is 175 cm³/mol. The number of rotatable bonds is 12. The molecule has 0 aliphatic heterocycles. The van der Waals surface area contributed by atoms with Gasteiger partial charge in [-0.3, -0.25) is 4.79 Å². The highest BCUT2D eigenvalue weighted by Crippen LogP contribution is 2.27. The fourth-order valence-electron chi connectivity index (χ4n) is 4.94. The van der Waals surface area contributed by atoms with Gasteiger partial charge in [-0.25, -0.2) is 14.8 Å².